The van der Waals surface area contributed by atoms with Gasteiger partial charge in [-0.05, 0) is 63.1 Å². The van der Waals surface area contributed by atoms with E-state index in [0.29, 0.717) is 39.9 Å². The van der Waals surface area contributed by atoms with Gasteiger partial charge >= 0.3 is 0 Å². The summed E-state index contributed by atoms with van der Waals surface area (Å²) in [6.45, 7) is 5.30. The maximum atomic E-state index is 13.4. The normalized spacial score (nSPS) is 18.6. The molecule has 1 saturated carbocycles. The number of aromatic nitrogens is 3. The van der Waals surface area contributed by atoms with E-state index in [2.05, 4.69) is 27.3 Å². The number of pyridine rings is 2. The van der Waals surface area contributed by atoms with Crippen molar-refractivity contribution in [1.29, 1.82) is 10.5 Å². The van der Waals surface area contributed by atoms with E-state index in [-0.39, 0.29) is 11.5 Å². The molecule has 2 aliphatic rings. The molecule has 1 atom stereocenters. The first kappa shape index (κ1) is 25.2. The third kappa shape index (κ3) is 4.75. The second-order valence-electron chi connectivity index (χ2n) is 10.0. The number of hydrogen-bond donors (Lipinski definition) is 1. The second-order valence-corrected chi connectivity index (χ2v) is 10.0. The summed E-state index contributed by atoms with van der Waals surface area (Å²) in [5.41, 5.74) is 3.48. The molecule has 0 amide bonds. The number of nitrogens with zero attached hydrogens (tertiary/aromatic N) is 8. The van der Waals surface area contributed by atoms with Crippen LogP contribution >= 0.6 is 0 Å². The number of nitrogens with two attached hydrogens (primary N) is 1. The smallest absolute Gasteiger partial charge is 0.201 e. The number of likely N-dealkylation sites (tertiary alicyclic amines) is 1. The van der Waals surface area contributed by atoms with Gasteiger partial charge in [-0.25, -0.2) is 9.37 Å². The Kier molecular flexibility index (Phi) is 6.68. The summed E-state index contributed by atoms with van der Waals surface area (Å²) < 4.78 is 21.2. The van der Waals surface area contributed by atoms with Crippen LogP contribution in [0.5, 0.6) is 5.88 Å². The highest BCUT2D eigenvalue weighted by atomic mass is 19.1. The number of hydrazone groups is 1. The molecule has 0 aromatic carbocycles. The van der Waals surface area contributed by atoms with Crippen LogP contribution in [0.1, 0.15) is 62.6 Å². The average Bonchev–Trinajstić information content (AvgIpc) is 3.32. The fraction of sp³-hybridized carbons (Fsp3) is 0.407. The average molecular weight is 514 g/mol. The van der Waals surface area contributed by atoms with Gasteiger partial charge in [0.2, 0.25) is 5.88 Å². The molecule has 3 aromatic rings. The monoisotopic (exact) mass is 513 g/mol. The molecule has 1 spiro atoms. The summed E-state index contributed by atoms with van der Waals surface area (Å²) >= 11 is 0. The van der Waals surface area contributed by atoms with Crippen LogP contribution in [-0.2, 0) is 0 Å². The maximum Gasteiger partial charge on any atom is 0.201 e. The zero-order valence-corrected chi connectivity index (χ0v) is 21.3. The molecular weight excluding hydrogens is 485 g/mol. The van der Waals surface area contributed by atoms with Crippen molar-refractivity contribution in [2.45, 2.75) is 51.7 Å². The van der Waals surface area contributed by atoms with Crippen molar-refractivity contribution in [3.63, 3.8) is 0 Å². The van der Waals surface area contributed by atoms with Crippen LogP contribution in [0.15, 0.2) is 46.8 Å². The van der Waals surface area contributed by atoms with Crippen molar-refractivity contribution in [3.8, 4) is 18.1 Å². The van der Waals surface area contributed by atoms with Crippen molar-refractivity contribution in [3.05, 3.63) is 59.4 Å². The molecule has 194 valence electrons. The number of aliphatic imine (C=N–C) groups is 1. The quantitative estimate of drug-likeness (QED) is 0.229. The molecule has 4 heterocycles. The van der Waals surface area contributed by atoms with Crippen LogP contribution in [0.25, 0.3) is 5.65 Å². The Hall–Kier alpha value is -4.51. The standard InChI is InChI=1S/C27H28FN9O/c1-17(34-21-11-27(12-21)5-7-36(16-30)8-6-27)26(35-31)19-9-24-33-15-22(13-29)37(24)25(10-19)38-18(2)23-4-3-20(28)14-32-23/h3-4,9-10,14-15,18,21H,5-8,11-12,31H2,1-2H3/b34-17?,35-26+/t18-/m1/s1. The molecule has 3 aromatic heterocycles. The van der Waals surface area contributed by atoms with Gasteiger partial charge in [0, 0.05) is 24.7 Å². The van der Waals surface area contributed by atoms with Crippen molar-refractivity contribution < 1.29 is 9.13 Å². The molecule has 0 unspecified atom stereocenters. The number of ether oxygens (including phenoxy) is 1. The van der Waals surface area contributed by atoms with Gasteiger partial charge in [-0.15, -0.1) is 0 Å². The predicted octanol–water partition coefficient (Wildman–Crippen LogP) is 3.73. The molecule has 11 heteroatoms. The first-order chi connectivity index (χ1) is 18.3. The zero-order chi connectivity index (χ0) is 26.9. The Morgan fingerprint density at radius 3 is 2.61 bits per heavy atom. The van der Waals surface area contributed by atoms with E-state index in [1.165, 1.54) is 12.3 Å². The number of rotatable bonds is 6. The van der Waals surface area contributed by atoms with E-state index in [9.17, 15) is 9.65 Å². The van der Waals surface area contributed by atoms with E-state index in [0.717, 1.165) is 45.0 Å². The Morgan fingerprint density at radius 2 is 1.97 bits per heavy atom. The second kappa shape index (κ2) is 10.1. The van der Waals surface area contributed by atoms with Crippen molar-refractivity contribution in [2.24, 2.45) is 21.4 Å². The minimum atomic E-state index is -0.533. The van der Waals surface area contributed by atoms with E-state index < -0.39 is 11.9 Å². The highest BCUT2D eigenvalue weighted by molar-refractivity contribution is 6.47. The fourth-order valence-electron chi connectivity index (χ4n) is 5.48. The zero-order valence-electron chi connectivity index (χ0n) is 21.3. The lowest BCUT2D eigenvalue weighted by Gasteiger charge is -2.50. The Morgan fingerprint density at radius 1 is 1.21 bits per heavy atom. The minimum Gasteiger partial charge on any atom is -0.469 e. The molecular formula is C27H28FN9O. The van der Waals surface area contributed by atoms with Gasteiger partial charge in [0.1, 0.15) is 35.0 Å². The van der Waals surface area contributed by atoms with Gasteiger partial charge in [-0.1, -0.05) is 0 Å². The molecule has 0 radical (unpaired) electrons. The first-order valence-corrected chi connectivity index (χ1v) is 12.5. The van der Waals surface area contributed by atoms with Crippen molar-refractivity contribution in [1.82, 2.24) is 19.3 Å². The topological polar surface area (TPSA) is 141 Å². The molecule has 5 rings (SSSR count). The molecule has 10 nitrogen and oxygen atoms in total. The van der Waals surface area contributed by atoms with Gasteiger partial charge in [0.25, 0.3) is 0 Å². The molecule has 1 saturated heterocycles. The van der Waals surface area contributed by atoms with Crippen molar-refractivity contribution >= 4 is 17.1 Å². The highest BCUT2D eigenvalue weighted by Crippen LogP contribution is 2.50. The molecule has 2 N–H and O–H groups in total. The summed E-state index contributed by atoms with van der Waals surface area (Å²) in [5, 5.41) is 22.8. The molecule has 1 aliphatic heterocycles. The summed E-state index contributed by atoms with van der Waals surface area (Å²) in [7, 11) is 0. The summed E-state index contributed by atoms with van der Waals surface area (Å²) in [6.07, 6.45) is 8.33. The van der Waals surface area contributed by atoms with Crippen molar-refractivity contribution in [2.75, 3.05) is 13.1 Å². The van der Waals surface area contributed by atoms with Gasteiger partial charge in [0.05, 0.1) is 29.8 Å². The van der Waals surface area contributed by atoms with Crippen LogP contribution in [0.3, 0.4) is 0 Å². The SMILES string of the molecule is CC(=NC1CC2(CCN(C#N)CC2)C1)/C(=N\N)c1cc(O[C@H](C)c2ccc(F)cn2)n2c(C#N)cnc2c1. The summed E-state index contributed by atoms with van der Waals surface area (Å²) in [4.78, 5) is 15.2. The number of fused-ring (bicyclic) bond motifs is 1. The number of hydrogen-bond acceptors (Lipinski definition) is 9. The third-order valence-electron chi connectivity index (χ3n) is 7.58. The number of halogens is 1. The van der Waals surface area contributed by atoms with Crippen LogP contribution in [0, 0.1) is 34.0 Å². The maximum absolute atomic E-state index is 13.4. The van der Waals surface area contributed by atoms with E-state index >= 15 is 0 Å². The Balaban J connectivity index is 1.40. The Bertz CT molecular complexity index is 1480. The van der Waals surface area contributed by atoms with Crippen LogP contribution < -0.4 is 10.6 Å². The summed E-state index contributed by atoms with van der Waals surface area (Å²) in [6, 6.07) is 8.73. The van der Waals surface area contributed by atoms with Gasteiger partial charge < -0.3 is 15.5 Å². The van der Waals surface area contributed by atoms with Crippen LogP contribution in [-0.4, -0.2) is 49.8 Å². The Labute approximate surface area is 219 Å². The van der Waals surface area contributed by atoms with Crippen LogP contribution in [0.2, 0.25) is 0 Å². The molecule has 38 heavy (non-hydrogen) atoms. The molecule has 1 aliphatic carbocycles. The fourth-order valence-corrected chi connectivity index (χ4v) is 5.48. The molecule has 2 fully saturated rings. The lowest BCUT2D eigenvalue weighted by Crippen LogP contribution is -2.47. The highest BCUT2D eigenvalue weighted by Gasteiger charge is 2.45. The van der Waals surface area contributed by atoms with Gasteiger partial charge in [0.15, 0.2) is 6.19 Å². The van der Waals surface area contributed by atoms with Gasteiger partial charge in [-0.3, -0.25) is 14.4 Å². The summed E-state index contributed by atoms with van der Waals surface area (Å²) in [5.74, 6) is 5.76. The van der Waals surface area contributed by atoms with E-state index in [4.69, 9.17) is 20.8 Å². The number of piperidine rings is 1. The lowest BCUT2D eigenvalue weighted by atomic mass is 9.60. The van der Waals surface area contributed by atoms with E-state index in [1.807, 2.05) is 11.8 Å². The number of nitriles is 2. The largest absolute Gasteiger partial charge is 0.469 e. The van der Waals surface area contributed by atoms with Crippen LogP contribution in [0.4, 0.5) is 4.39 Å². The lowest BCUT2D eigenvalue weighted by molar-refractivity contribution is 0.0357. The first-order valence-electron chi connectivity index (χ1n) is 12.5. The minimum absolute atomic E-state index is 0.182. The third-order valence-corrected chi connectivity index (χ3v) is 7.58. The number of imidazole rings is 1. The van der Waals surface area contributed by atoms with E-state index in [1.54, 1.807) is 29.5 Å². The van der Waals surface area contributed by atoms with Gasteiger partial charge in [-0.2, -0.15) is 15.6 Å². The predicted molar refractivity (Wildman–Crippen MR) is 139 cm³/mol. The molecule has 0 bridgehead atoms.